The Balaban J connectivity index is 1.35. The van der Waals surface area contributed by atoms with Crippen LogP contribution in [0.1, 0.15) is 52.4 Å². The Morgan fingerprint density at radius 3 is 1.53 bits per heavy atom. The number of rotatable bonds is 10. The topological polar surface area (TPSA) is 67.8 Å². The second-order valence-corrected chi connectivity index (χ2v) is 9.42. The van der Waals surface area contributed by atoms with Crippen molar-refractivity contribution in [3.05, 3.63) is 24.3 Å². The van der Waals surface area contributed by atoms with Gasteiger partial charge in [-0.2, -0.15) is 0 Å². The van der Waals surface area contributed by atoms with Crippen LogP contribution in [0.2, 0.25) is 0 Å². The minimum absolute atomic E-state index is 0.311. The van der Waals surface area contributed by atoms with Crippen LogP contribution in [0.5, 0.6) is 11.5 Å². The van der Waals surface area contributed by atoms with Crippen molar-refractivity contribution in [3.63, 3.8) is 0 Å². The Morgan fingerprint density at radius 2 is 1.17 bits per heavy atom. The molecule has 6 heteroatoms. The van der Waals surface area contributed by atoms with Gasteiger partial charge in [-0.25, -0.2) is 0 Å². The second kappa shape index (κ2) is 11.9. The van der Waals surface area contributed by atoms with E-state index in [4.69, 9.17) is 9.47 Å². The predicted molar refractivity (Wildman–Crippen MR) is 117 cm³/mol. The van der Waals surface area contributed by atoms with Crippen LogP contribution in [0.3, 0.4) is 0 Å². The van der Waals surface area contributed by atoms with Crippen LogP contribution < -0.4 is 19.3 Å². The van der Waals surface area contributed by atoms with Crippen molar-refractivity contribution >= 4 is 0 Å². The molecule has 1 aromatic rings. The van der Waals surface area contributed by atoms with Crippen LogP contribution in [0.25, 0.3) is 0 Å². The molecule has 6 atom stereocenters. The van der Waals surface area contributed by atoms with Crippen molar-refractivity contribution in [1.82, 2.24) is 0 Å². The summed E-state index contributed by atoms with van der Waals surface area (Å²) in [7, 11) is 0. The molecule has 0 aliphatic carbocycles. The lowest BCUT2D eigenvalue weighted by Gasteiger charge is -2.31. The molecule has 1 aromatic carbocycles. The monoisotopic (exact) mass is 422 g/mol. The molecule has 2 fully saturated rings. The lowest BCUT2D eigenvalue weighted by molar-refractivity contribution is -0.931. The maximum absolute atomic E-state index is 10.3. The third-order valence-electron chi connectivity index (χ3n) is 6.87. The quantitative estimate of drug-likeness (QED) is 0.431. The van der Waals surface area contributed by atoms with E-state index in [1.165, 1.54) is 48.3 Å². The molecule has 0 spiro atoms. The largest absolute Gasteiger partial charge is 0.491 e. The first-order chi connectivity index (χ1) is 14.5. The molecular weight excluding hydrogens is 380 g/mol. The van der Waals surface area contributed by atoms with Gasteiger partial charge in [-0.3, -0.25) is 0 Å². The first kappa shape index (κ1) is 23.3. The van der Waals surface area contributed by atoms with Crippen LogP contribution in [-0.2, 0) is 0 Å². The minimum Gasteiger partial charge on any atom is -0.491 e. The molecule has 4 N–H and O–H groups in total. The normalized spacial score (nSPS) is 29.2. The summed E-state index contributed by atoms with van der Waals surface area (Å²) in [5, 5.41) is 20.7. The van der Waals surface area contributed by atoms with E-state index in [2.05, 4.69) is 13.8 Å². The number of likely N-dealkylation sites (tertiary alicyclic amines) is 2. The first-order valence-corrected chi connectivity index (χ1v) is 11.9. The minimum atomic E-state index is -0.452. The molecule has 0 bridgehead atoms. The van der Waals surface area contributed by atoms with E-state index < -0.39 is 12.2 Å². The maximum atomic E-state index is 10.3. The lowest BCUT2D eigenvalue weighted by Crippen LogP contribution is -3.17. The molecule has 2 saturated heterocycles. The highest BCUT2D eigenvalue weighted by Gasteiger charge is 2.25. The number of ether oxygens (including phenoxy) is 2. The number of hydrogen-bond acceptors (Lipinski definition) is 4. The average Bonchev–Trinajstić information content (AvgIpc) is 2.75. The molecule has 6 nitrogen and oxygen atoms in total. The molecule has 2 aliphatic heterocycles. The molecule has 0 aromatic heterocycles. The summed E-state index contributed by atoms with van der Waals surface area (Å²) < 4.78 is 11.5. The fourth-order valence-corrected chi connectivity index (χ4v) is 4.85. The van der Waals surface area contributed by atoms with E-state index in [9.17, 15) is 10.2 Å². The third kappa shape index (κ3) is 7.41. The smallest absolute Gasteiger partial charge is 0.137 e. The lowest BCUT2D eigenvalue weighted by atomic mass is 10.0. The SMILES string of the molecule is C[C@H]1CCCC[NH+]1C[C@H](O)COc1ccc(OC[C@H](O)C[NH+]2CCCC[C@@H]2C)cc1. The standard InChI is InChI=1S/C24H40N2O4/c1-19-7-3-5-13-25(19)15-21(27)17-29-23-9-11-24(12-10-23)30-18-22(28)16-26-14-6-4-8-20(26)2/h9-12,19-22,27-28H,3-8,13-18H2,1-2H3/p+2/t19-,20-,21-,22+/m0/s1. The second-order valence-electron chi connectivity index (χ2n) is 9.42. The van der Waals surface area contributed by atoms with Crippen molar-refractivity contribution < 1.29 is 29.5 Å². The average molecular weight is 423 g/mol. The van der Waals surface area contributed by atoms with Gasteiger partial charge < -0.3 is 29.5 Å². The molecule has 170 valence electrons. The van der Waals surface area contributed by atoms with Gasteiger partial charge in [0.15, 0.2) is 0 Å². The van der Waals surface area contributed by atoms with Crippen molar-refractivity contribution in [1.29, 1.82) is 0 Å². The number of quaternary nitrogens is 2. The van der Waals surface area contributed by atoms with Crippen LogP contribution in [0.15, 0.2) is 24.3 Å². The van der Waals surface area contributed by atoms with Gasteiger partial charge in [-0.05, 0) is 76.6 Å². The van der Waals surface area contributed by atoms with E-state index in [0.29, 0.717) is 25.3 Å². The molecule has 2 aliphatic rings. The summed E-state index contributed by atoms with van der Waals surface area (Å²) in [6.45, 7) is 8.95. The van der Waals surface area contributed by atoms with Crippen LogP contribution in [0.4, 0.5) is 0 Å². The molecule has 2 heterocycles. The van der Waals surface area contributed by atoms with E-state index in [1.54, 1.807) is 0 Å². The zero-order chi connectivity index (χ0) is 21.3. The summed E-state index contributed by atoms with van der Waals surface area (Å²) in [6, 6.07) is 8.71. The van der Waals surface area contributed by atoms with Crippen molar-refractivity contribution in [2.24, 2.45) is 0 Å². The molecule has 0 amide bonds. The van der Waals surface area contributed by atoms with E-state index >= 15 is 0 Å². The highest BCUT2D eigenvalue weighted by molar-refractivity contribution is 5.31. The van der Waals surface area contributed by atoms with E-state index in [1.807, 2.05) is 24.3 Å². The van der Waals surface area contributed by atoms with E-state index in [0.717, 1.165) is 37.7 Å². The third-order valence-corrected chi connectivity index (χ3v) is 6.87. The van der Waals surface area contributed by atoms with E-state index in [-0.39, 0.29) is 0 Å². The Hall–Kier alpha value is -1.34. The van der Waals surface area contributed by atoms with Gasteiger partial charge >= 0.3 is 0 Å². The van der Waals surface area contributed by atoms with Crippen molar-refractivity contribution in [3.8, 4) is 11.5 Å². The summed E-state index contributed by atoms with van der Waals surface area (Å²) in [5.41, 5.74) is 0. The number of hydrogen-bond donors (Lipinski definition) is 4. The van der Waals surface area contributed by atoms with Gasteiger partial charge in [0, 0.05) is 0 Å². The maximum Gasteiger partial charge on any atom is 0.137 e. The molecule has 3 rings (SSSR count). The van der Waals surface area contributed by atoms with Gasteiger partial charge in [0.05, 0.1) is 25.2 Å². The van der Waals surface area contributed by atoms with Crippen LogP contribution in [0, 0.1) is 0 Å². The Labute approximate surface area is 181 Å². The number of nitrogens with one attached hydrogen (secondary N) is 2. The molecule has 0 radical (unpaired) electrons. The number of piperidine rings is 2. The molecule has 30 heavy (non-hydrogen) atoms. The zero-order valence-corrected chi connectivity index (χ0v) is 18.8. The fraction of sp³-hybridized carbons (Fsp3) is 0.750. The van der Waals surface area contributed by atoms with Crippen LogP contribution >= 0.6 is 0 Å². The Kier molecular flexibility index (Phi) is 9.25. The number of aliphatic hydroxyl groups excluding tert-OH is 2. The van der Waals surface area contributed by atoms with Gasteiger partial charge in [0.25, 0.3) is 0 Å². The zero-order valence-electron chi connectivity index (χ0n) is 18.8. The fourth-order valence-electron chi connectivity index (χ4n) is 4.85. The Bertz CT molecular complexity index is 559. The Morgan fingerprint density at radius 1 is 0.767 bits per heavy atom. The summed E-state index contributed by atoms with van der Waals surface area (Å²) in [6.07, 6.45) is 6.71. The van der Waals surface area contributed by atoms with Crippen molar-refractivity contribution in [2.75, 3.05) is 39.4 Å². The number of aliphatic hydroxyl groups is 2. The number of benzene rings is 1. The first-order valence-electron chi connectivity index (χ1n) is 11.9. The van der Waals surface area contributed by atoms with Crippen LogP contribution in [-0.4, -0.2) is 73.9 Å². The summed E-state index contributed by atoms with van der Waals surface area (Å²) >= 11 is 0. The predicted octanol–water partition coefficient (Wildman–Crippen LogP) is 0.0806. The molecule has 0 saturated carbocycles. The van der Waals surface area contributed by atoms with Crippen molar-refractivity contribution in [2.45, 2.75) is 76.7 Å². The summed E-state index contributed by atoms with van der Waals surface area (Å²) in [4.78, 5) is 2.97. The molecule has 2 unspecified atom stereocenters. The van der Waals surface area contributed by atoms with Gasteiger partial charge in [-0.15, -0.1) is 0 Å². The highest BCUT2D eigenvalue weighted by atomic mass is 16.5. The summed E-state index contributed by atoms with van der Waals surface area (Å²) in [5.74, 6) is 1.46. The molecular formula is C24H42N2O4+2. The highest BCUT2D eigenvalue weighted by Crippen LogP contribution is 2.18. The van der Waals surface area contributed by atoms with Gasteiger partial charge in [0.1, 0.15) is 50.0 Å². The van der Waals surface area contributed by atoms with Gasteiger partial charge in [-0.1, -0.05) is 0 Å². The van der Waals surface area contributed by atoms with Gasteiger partial charge in [0.2, 0.25) is 0 Å².